The van der Waals surface area contributed by atoms with Gasteiger partial charge in [-0.1, -0.05) is 61.7 Å². The first kappa shape index (κ1) is 16.7. The van der Waals surface area contributed by atoms with Gasteiger partial charge in [-0.25, -0.2) is 0 Å². The van der Waals surface area contributed by atoms with Crippen LogP contribution in [0.5, 0.6) is 0 Å². The second-order valence-corrected chi connectivity index (χ2v) is 4.95. The van der Waals surface area contributed by atoms with Crippen molar-refractivity contribution in [3.63, 3.8) is 0 Å². The van der Waals surface area contributed by atoms with Crippen LogP contribution in [0.15, 0.2) is 67.3 Å². The predicted octanol–water partition coefficient (Wildman–Crippen LogP) is 3.39. The van der Waals surface area contributed by atoms with Crippen molar-refractivity contribution in [3.8, 4) is 0 Å². The molecule has 0 aliphatic rings. The van der Waals surface area contributed by atoms with Crippen molar-refractivity contribution in [2.45, 2.75) is 12.6 Å². The molecule has 1 aromatic rings. The van der Waals surface area contributed by atoms with Gasteiger partial charge in [0.25, 0.3) is 0 Å². The van der Waals surface area contributed by atoms with Crippen molar-refractivity contribution >= 4 is 11.6 Å². The smallest absolute Gasteiger partial charge is 0.0802 e. The summed E-state index contributed by atoms with van der Waals surface area (Å²) in [6.45, 7) is 9.51. The molecule has 1 unspecified atom stereocenters. The molecule has 0 amide bonds. The monoisotopic (exact) mass is 291 g/mol. The molecule has 20 heavy (non-hydrogen) atoms. The first-order valence-corrected chi connectivity index (χ1v) is 7.17. The lowest BCUT2D eigenvalue weighted by atomic mass is 10.1. The fourth-order valence-corrected chi connectivity index (χ4v) is 2.07. The van der Waals surface area contributed by atoms with Gasteiger partial charge in [-0.05, 0) is 11.1 Å². The Labute approximate surface area is 126 Å². The van der Waals surface area contributed by atoms with Crippen LogP contribution in [-0.4, -0.2) is 35.1 Å². The van der Waals surface area contributed by atoms with Crippen LogP contribution in [0.2, 0.25) is 0 Å². The van der Waals surface area contributed by atoms with Crippen molar-refractivity contribution in [3.05, 3.63) is 72.9 Å². The highest BCUT2D eigenvalue weighted by Crippen LogP contribution is 2.09. The molecule has 0 spiro atoms. The number of rotatable bonds is 9. The largest absolute Gasteiger partial charge is 0.391 e. The maximum Gasteiger partial charge on any atom is 0.0802 e. The van der Waals surface area contributed by atoms with Gasteiger partial charge in [-0.15, -0.1) is 11.6 Å². The first-order valence-electron chi connectivity index (χ1n) is 6.64. The van der Waals surface area contributed by atoms with Gasteiger partial charge in [-0.2, -0.15) is 0 Å². The molecular weight excluding hydrogens is 270 g/mol. The van der Waals surface area contributed by atoms with Crippen molar-refractivity contribution in [1.29, 1.82) is 0 Å². The highest BCUT2D eigenvalue weighted by atomic mass is 35.5. The van der Waals surface area contributed by atoms with Gasteiger partial charge in [0.1, 0.15) is 0 Å². The van der Waals surface area contributed by atoms with Gasteiger partial charge in [0.05, 0.1) is 6.10 Å². The number of alkyl halides is 1. The van der Waals surface area contributed by atoms with Gasteiger partial charge < -0.3 is 5.11 Å². The molecule has 1 rings (SSSR count). The fourth-order valence-electron chi connectivity index (χ4n) is 1.97. The number of aliphatic hydroxyl groups excluding tert-OH is 1. The summed E-state index contributed by atoms with van der Waals surface area (Å²) in [5, 5.41) is 9.78. The molecule has 0 saturated carbocycles. The number of halogens is 1. The molecule has 0 bridgehead atoms. The predicted molar refractivity (Wildman–Crippen MR) is 86.9 cm³/mol. The van der Waals surface area contributed by atoms with Gasteiger partial charge in [0.2, 0.25) is 0 Å². The fraction of sp³-hybridized carbons (Fsp3) is 0.294. The summed E-state index contributed by atoms with van der Waals surface area (Å²) < 4.78 is 0. The Kier molecular flexibility index (Phi) is 7.97. The van der Waals surface area contributed by atoms with Crippen LogP contribution in [0.4, 0.5) is 0 Å². The highest BCUT2D eigenvalue weighted by Gasteiger charge is 2.12. The van der Waals surface area contributed by atoms with Gasteiger partial charge >= 0.3 is 0 Å². The van der Waals surface area contributed by atoms with E-state index in [1.54, 1.807) is 6.08 Å². The Morgan fingerprint density at radius 2 is 2.00 bits per heavy atom. The summed E-state index contributed by atoms with van der Waals surface area (Å²) >= 11 is 5.70. The molecule has 0 fully saturated rings. The maximum absolute atomic E-state index is 9.78. The molecule has 3 heteroatoms. The third-order valence-corrected chi connectivity index (χ3v) is 3.25. The lowest BCUT2D eigenvalue weighted by Crippen LogP contribution is -2.34. The number of aliphatic hydroxyl groups is 1. The lowest BCUT2D eigenvalue weighted by Gasteiger charge is -2.25. The minimum absolute atomic E-state index is 0.236. The van der Waals surface area contributed by atoms with E-state index in [-0.39, 0.29) is 5.88 Å². The van der Waals surface area contributed by atoms with E-state index >= 15 is 0 Å². The number of hydrogen-bond acceptors (Lipinski definition) is 2. The third-order valence-electron chi connectivity index (χ3n) is 2.90. The molecule has 0 radical (unpaired) electrons. The highest BCUT2D eigenvalue weighted by molar-refractivity contribution is 6.18. The van der Waals surface area contributed by atoms with Gasteiger partial charge in [-0.3, -0.25) is 4.90 Å². The molecule has 108 valence electrons. The van der Waals surface area contributed by atoms with Crippen LogP contribution in [0, 0.1) is 0 Å². The Hall–Kier alpha value is -1.35. The zero-order chi connectivity index (χ0) is 14.8. The van der Waals surface area contributed by atoms with Crippen molar-refractivity contribution in [1.82, 2.24) is 4.90 Å². The maximum atomic E-state index is 9.78. The lowest BCUT2D eigenvalue weighted by molar-refractivity contribution is 0.131. The van der Waals surface area contributed by atoms with Gasteiger partial charge in [0, 0.05) is 25.5 Å². The standard InChI is InChI=1S/C17H22ClNO/c1-3-8-15(4-2)12-19(14-17(20)11-18)13-16-9-6-5-7-10-16/h3-10,17,20H,1-2,11-14H2/b15-8+. The van der Waals surface area contributed by atoms with E-state index in [1.165, 1.54) is 5.56 Å². The second-order valence-electron chi connectivity index (χ2n) is 4.64. The summed E-state index contributed by atoms with van der Waals surface area (Å²) in [7, 11) is 0. The van der Waals surface area contributed by atoms with Gasteiger partial charge in [0.15, 0.2) is 0 Å². The van der Waals surface area contributed by atoms with Crippen LogP contribution < -0.4 is 0 Å². The molecule has 1 aromatic carbocycles. The van der Waals surface area contributed by atoms with E-state index in [0.29, 0.717) is 13.1 Å². The Morgan fingerprint density at radius 3 is 2.55 bits per heavy atom. The van der Waals surface area contributed by atoms with Crippen LogP contribution >= 0.6 is 11.6 Å². The Morgan fingerprint density at radius 1 is 1.30 bits per heavy atom. The van der Waals surface area contributed by atoms with Crippen LogP contribution in [0.25, 0.3) is 0 Å². The molecule has 0 saturated heterocycles. The summed E-state index contributed by atoms with van der Waals surface area (Å²) in [6.07, 6.45) is 4.95. The third kappa shape index (κ3) is 6.20. The number of benzene rings is 1. The van der Waals surface area contributed by atoms with E-state index in [9.17, 15) is 5.11 Å². The topological polar surface area (TPSA) is 23.5 Å². The molecule has 0 heterocycles. The van der Waals surface area contributed by atoms with Crippen LogP contribution in [0.3, 0.4) is 0 Å². The summed E-state index contributed by atoms with van der Waals surface area (Å²) in [5.41, 5.74) is 2.27. The van der Waals surface area contributed by atoms with Crippen molar-refractivity contribution < 1.29 is 5.11 Å². The molecule has 1 N–H and O–H groups in total. The number of allylic oxidation sites excluding steroid dienone is 2. The summed E-state index contributed by atoms with van der Waals surface area (Å²) in [6, 6.07) is 10.2. The molecular formula is C17H22ClNO. The summed E-state index contributed by atoms with van der Waals surface area (Å²) in [5.74, 6) is 0.236. The SMILES string of the molecule is C=C/C=C(\C=C)CN(Cc1ccccc1)CC(O)CCl. The minimum Gasteiger partial charge on any atom is -0.391 e. The molecule has 0 aliphatic carbocycles. The first-order chi connectivity index (χ1) is 9.69. The Bertz CT molecular complexity index is 442. The average molecular weight is 292 g/mol. The second kappa shape index (κ2) is 9.54. The van der Waals surface area contributed by atoms with Crippen LogP contribution in [0.1, 0.15) is 5.56 Å². The van der Waals surface area contributed by atoms with E-state index < -0.39 is 6.10 Å². The van der Waals surface area contributed by atoms with Crippen molar-refractivity contribution in [2.75, 3.05) is 19.0 Å². The van der Waals surface area contributed by atoms with E-state index in [4.69, 9.17) is 11.6 Å². The molecule has 0 aliphatic heterocycles. The zero-order valence-electron chi connectivity index (χ0n) is 11.7. The van der Waals surface area contributed by atoms with E-state index in [1.807, 2.05) is 30.4 Å². The summed E-state index contributed by atoms with van der Waals surface area (Å²) in [4.78, 5) is 2.15. The Balaban J connectivity index is 2.76. The minimum atomic E-state index is -0.532. The van der Waals surface area contributed by atoms with Crippen LogP contribution in [-0.2, 0) is 6.54 Å². The molecule has 2 nitrogen and oxygen atoms in total. The molecule has 0 aromatic heterocycles. The van der Waals surface area contributed by atoms with Crippen molar-refractivity contribution in [2.24, 2.45) is 0 Å². The number of nitrogens with zero attached hydrogens (tertiary/aromatic N) is 1. The quantitative estimate of drug-likeness (QED) is 0.557. The number of hydrogen-bond donors (Lipinski definition) is 1. The average Bonchev–Trinajstić information content (AvgIpc) is 2.47. The molecule has 1 atom stereocenters. The van der Waals surface area contributed by atoms with E-state index in [2.05, 4.69) is 30.2 Å². The zero-order valence-corrected chi connectivity index (χ0v) is 12.5. The normalized spacial score (nSPS) is 13.2. The van der Waals surface area contributed by atoms with E-state index in [0.717, 1.165) is 12.1 Å².